The van der Waals surface area contributed by atoms with Crippen LogP contribution in [0.25, 0.3) is 0 Å². The normalized spacial score (nSPS) is 24.9. The number of aromatic carboxylic acids is 1. The lowest BCUT2D eigenvalue weighted by molar-refractivity contribution is -0.122. The average Bonchev–Trinajstić information content (AvgIpc) is 2.68. The maximum atomic E-state index is 12.5. The van der Waals surface area contributed by atoms with Crippen LogP contribution in [0.1, 0.15) is 54.4 Å². The fraction of sp³-hybridized carbons (Fsp3) is 0.600. The smallest absolute Gasteiger partial charge is 0.534 e. The molecule has 158 valence electrons. The van der Waals surface area contributed by atoms with E-state index in [1.54, 1.807) is 12.1 Å². The van der Waals surface area contributed by atoms with Crippen molar-refractivity contribution in [1.82, 2.24) is 5.32 Å². The number of hydrogen-bond acceptors (Lipinski definition) is 6. The van der Waals surface area contributed by atoms with Crippen molar-refractivity contribution in [3.8, 4) is 5.75 Å². The van der Waals surface area contributed by atoms with Crippen LogP contribution in [0, 0.1) is 11.8 Å². The molecule has 9 heteroatoms. The summed E-state index contributed by atoms with van der Waals surface area (Å²) in [6.45, 7) is 0.604. The van der Waals surface area contributed by atoms with Gasteiger partial charge in [-0.15, -0.1) is 0 Å². The molecule has 1 heterocycles. The molecule has 1 saturated carbocycles. The summed E-state index contributed by atoms with van der Waals surface area (Å²) in [5.74, 6) is -0.878. The molecule has 0 aromatic heterocycles. The molecule has 7 N–H and O–H groups in total. The zero-order valence-corrected chi connectivity index (χ0v) is 16.5. The number of amides is 1. The zero-order valence-electron chi connectivity index (χ0n) is 16.5. The van der Waals surface area contributed by atoms with Crippen LogP contribution in [-0.2, 0) is 11.2 Å². The summed E-state index contributed by atoms with van der Waals surface area (Å²) in [6.07, 6.45) is 5.52. The van der Waals surface area contributed by atoms with Crippen molar-refractivity contribution >= 4 is 19.0 Å². The minimum absolute atomic E-state index is 0.0101. The van der Waals surface area contributed by atoms with Crippen LogP contribution in [0.15, 0.2) is 18.2 Å². The molecular weight excluding hydrogens is 373 g/mol. The molecule has 8 nitrogen and oxygen atoms in total. The molecule has 0 radical (unpaired) electrons. The monoisotopic (exact) mass is 403 g/mol. The maximum Gasteiger partial charge on any atom is 0.547 e. The van der Waals surface area contributed by atoms with E-state index in [1.807, 2.05) is 0 Å². The molecule has 2 atom stereocenters. The molecule has 2 aliphatic rings. The van der Waals surface area contributed by atoms with E-state index in [0.29, 0.717) is 36.8 Å². The standard InChI is InChI=1S/C20H30BN3O5/c22-9-8-16(23)13-6-4-12(5-7-13)10-18(25)24-17-11-14-2-1-3-15(20(26)27)19(14)29-21(17)28/h1-3,12-13,16-17,28H,4-11,22-23H2,(H,24,25)(H,26,27)/t12-,13-,16-,17?/m1/s1. The molecule has 3 rings (SSSR count). The second kappa shape index (κ2) is 9.60. The van der Waals surface area contributed by atoms with Crippen LogP contribution in [0.3, 0.4) is 0 Å². The molecule has 1 aliphatic heterocycles. The minimum Gasteiger partial charge on any atom is -0.534 e. The van der Waals surface area contributed by atoms with Gasteiger partial charge in [-0.3, -0.25) is 4.79 Å². The van der Waals surface area contributed by atoms with Crippen molar-refractivity contribution in [2.45, 2.75) is 56.9 Å². The lowest BCUT2D eigenvalue weighted by Gasteiger charge is -2.32. The van der Waals surface area contributed by atoms with Crippen LogP contribution in [-0.4, -0.2) is 47.7 Å². The Labute approximate surface area is 171 Å². The molecule has 1 aromatic carbocycles. The first-order valence-corrected chi connectivity index (χ1v) is 10.3. The fourth-order valence-corrected chi connectivity index (χ4v) is 4.49. The summed E-state index contributed by atoms with van der Waals surface area (Å²) in [5.41, 5.74) is 12.4. The van der Waals surface area contributed by atoms with Crippen molar-refractivity contribution in [3.63, 3.8) is 0 Å². The highest BCUT2D eigenvalue weighted by Crippen LogP contribution is 2.33. The lowest BCUT2D eigenvalue weighted by atomic mass is 9.72. The number of fused-ring (bicyclic) bond motifs is 1. The van der Waals surface area contributed by atoms with E-state index >= 15 is 0 Å². The predicted molar refractivity (Wildman–Crippen MR) is 109 cm³/mol. The summed E-state index contributed by atoms with van der Waals surface area (Å²) in [4.78, 5) is 23.8. The van der Waals surface area contributed by atoms with Gasteiger partial charge in [-0.25, -0.2) is 4.79 Å². The van der Waals surface area contributed by atoms with Crippen LogP contribution in [0.5, 0.6) is 5.75 Å². The number of nitrogens with one attached hydrogen (secondary N) is 1. The van der Waals surface area contributed by atoms with Gasteiger partial charge in [0.2, 0.25) is 5.91 Å². The van der Waals surface area contributed by atoms with Gasteiger partial charge in [-0.2, -0.15) is 0 Å². The predicted octanol–water partition coefficient (Wildman–Crippen LogP) is 0.697. The molecule has 1 amide bonds. The Bertz CT molecular complexity index is 739. The Morgan fingerprint density at radius 2 is 2.00 bits per heavy atom. The van der Waals surface area contributed by atoms with E-state index < -0.39 is 19.0 Å². The van der Waals surface area contributed by atoms with Gasteiger partial charge < -0.3 is 31.6 Å². The van der Waals surface area contributed by atoms with E-state index in [4.69, 9.17) is 16.1 Å². The number of hydrogen-bond donors (Lipinski definition) is 5. The summed E-state index contributed by atoms with van der Waals surface area (Å²) < 4.78 is 5.43. The van der Waals surface area contributed by atoms with Crippen LogP contribution >= 0.6 is 0 Å². The number of carbonyl (C=O) groups is 2. The van der Waals surface area contributed by atoms with Crippen molar-refractivity contribution in [1.29, 1.82) is 0 Å². The highest BCUT2D eigenvalue weighted by atomic mass is 16.5. The SMILES string of the molecule is NCC[C@@H](N)[C@H]1CC[C@H](CC(=O)NC2Cc3cccc(C(=O)O)c3OB2O)CC1. The van der Waals surface area contributed by atoms with Gasteiger partial charge in [-0.1, -0.05) is 12.1 Å². The molecule has 0 bridgehead atoms. The summed E-state index contributed by atoms with van der Waals surface area (Å²) in [6, 6.07) is 4.96. The second-order valence-electron chi connectivity index (χ2n) is 8.21. The van der Waals surface area contributed by atoms with Gasteiger partial charge in [0.25, 0.3) is 0 Å². The van der Waals surface area contributed by atoms with Crippen LogP contribution < -0.4 is 21.4 Å². The molecule has 1 aliphatic carbocycles. The number of carboxylic acids is 1. The zero-order chi connectivity index (χ0) is 21.0. The largest absolute Gasteiger partial charge is 0.547 e. The molecule has 1 unspecified atom stereocenters. The third-order valence-corrected chi connectivity index (χ3v) is 6.17. The van der Waals surface area contributed by atoms with Gasteiger partial charge in [0.05, 0.1) is 11.5 Å². The molecule has 29 heavy (non-hydrogen) atoms. The Balaban J connectivity index is 1.52. The summed E-state index contributed by atoms with van der Waals surface area (Å²) in [5, 5.41) is 22.4. The second-order valence-corrected chi connectivity index (χ2v) is 8.21. The van der Waals surface area contributed by atoms with Crippen molar-refractivity contribution in [2.24, 2.45) is 23.3 Å². The Morgan fingerprint density at radius 3 is 2.66 bits per heavy atom. The van der Waals surface area contributed by atoms with Crippen molar-refractivity contribution < 1.29 is 24.4 Å². The number of carbonyl (C=O) groups excluding carboxylic acids is 1. The lowest BCUT2D eigenvalue weighted by Crippen LogP contribution is -2.53. The number of carboxylic acid groups (broad SMARTS) is 1. The van der Waals surface area contributed by atoms with Crippen LogP contribution in [0.4, 0.5) is 0 Å². The Kier molecular flexibility index (Phi) is 7.16. The number of benzene rings is 1. The van der Waals surface area contributed by atoms with E-state index in [0.717, 1.165) is 32.1 Å². The third-order valence-electron chi connectivity index (χ3n) is 6.17. The topological polar surface area (TPSA) is 148 Å². The van der Waals surface area contributed by atoms with Gasteiger partial charge in [-0.05, 0) is 68.5 Å². The van der Waals surface area contributed by atoms with E-state index in [-0.39, 0.29) is 23.3 Å². The van der Waals surface area contributed by atoms with Gasteiger partial charge >= 0.3 is 13.1 Å². The maximum absolute atomic E-state index is 12.5. The first-order chi connectivity index (χ1) is 13.9. The van der Waals surface area contributed by atoms with Gasteiger partial charge in [0.15, 0.2) is 0 Å². The summed E-state index contributed by atoms with van der Waals surface area (Å²) >= 11 is 0. The van der Waals surface area contributed by atoms with E-state index in [2.05, 4.69) is 5.32 Å². The van der Waals surface area contributed by atoms with Gasteiger partial charge in [0, 0.05) is 12.5 Å². The summed E-state index contributed by atoms with van der Waals surface area (Å²) in [7, 11) is -1.28. The van der Waals surface area contributed by atoms with Gasteiger partial charge in [0.1, 0.15) is 5.75 Å². The van der Waals surface area contributed by atoms with Crippen molar-refractivity contribution in [2.75, 3.05) is 6.54 Å². The van der Waals surface area contributed by atoms with E-state index in [9.17, 15) is 19.7 Å². The number of nitrogens with two attached hydrogens (primary N) is 2. The highest BCUT2D eigenvalue weighted by molar-refractivity contribution is 6.47. The molecular formula is C20H30BN3O5. The number of para-hydroxylation sites is 1. The third kappa shape index (κ3) is 5.29. The molecule has 1 aromatic rings. The first kappa shape index (κ1) is 21.6. The van der Waals surface area contributed by atoms with E-state index in [1.165, 1.54) is 6.07 Å². The molecule has 1 fully saturated rings. The molecule has 0 spiro atoms. The quantitative estimate of drug-likeness (QED) is 0.421. The van der Waals surface area contributed by atoms with Crippen molar-refractivity contribution in [3.05, 3.63) is 29.3 Å². The fourth-order valence-electron chi connectivity index (χ4n) is 4.49. The van der Waals surface area contributed by atoms with Crippen LogP contribution in [0.2, 0.25) is 0 Å². The minimum atomic E-state index is -1.28. The number of rotatable bonds is 7. The highest BCUT2D eigenvalue weighted by Gasteiger charge is 2.38. The average molecular weight is 403 g/mol. The Morgan fingerprint density at radius 1 is 1.28 bits per heavy atom. The Hall–Kier alpha value is -2.10. The molecule has 0 saturated heterocycles. The first-order valence-electron chi connectivity index (χ1n) is 10.3.